The SMILES string of the molecule is COc1cc2c(c(OC)c1OC)-c1ccc(N[C@H](CCSC)C(=O)Nc3ccc4nc(C)[nH]c4c3)c(=O)cc1[C@@H](NC(C)=O)CC2. The van der Waals surface area contributed by atoms with E-state index in [4.69, 9.17) is 14.2 Å². The predicted molar refractivity (Wildman–Crippen MR) is 183 cm³/mol. The number of aryl methyl sites for hydroxylation is 2. The normalized spacial score (nSPS) is 14.3. The Labute approximate surface area is 271 Å². The van der Waals surface area contributed by atoms with Gasteiger partial charge in [-0.25, -0.2) is 4.98 Å². The van der Waals surface area contributed by atoms with Crippen molar-refractivity contribution in [1.29, 1.82) is 0 Å². The van der Waals surface area contributed by atoms with E-state index in [-0.39, 0.29) is 22.9 Å². The Bertz CT molecular complexity index is 1840. The number of imidazole rings is 1. The predicted octanol–water partition coefficient (Wildman–Crippen LogP) is 5.22. The Kier molecular flexibility index (Phi) is 10.1. The molecular formula is C34H39N5O6S. The molecule has 0 spiro atoms. The highest BCUT2D eigenvalue weighted by Gasteiger charge is 2.30. The molecule has 0 aliphatic heterocycles. The maximum absolute atomic E-state index is 13.9. The van der Waals surface area contributed by atoms with Crippen LogP contribution >= 0.6 is 11.8 Å². The lowest BCUT2D eigenvalue weighted by Gasteiger charge is -2.19. The molecule has 0 bridgehead atoms. The summed E-state index contributed by atoms with van der Waals surface area (Å²) in [7, 11) is 4.67. The number of aromatic nitrogens is 2. The van der Waals surface area contributed by atoms with Gasteiger partial charge in [0.2, 0.25) is 23.0 Å². The van der Waals surface area contributed by atoms with Gasteiger partial charge >= 0.3 is 0 Å². The molecule has 12 heteroatoms. The zero-order chi connectivity index (χ0) is 33.0. The molecule has 2 amide bonds. The Morgan fingerprint density at radius 1 is 1.07 bits per heavy atom. The molecule has 0 fully saturated rings. The first-order valence-electron chi connectivity index (χ1n) is 15.0. The number of benzene rings is 2. The van der Waals surface area contributed by atoms with Crippen LogP contribution < -0.4 is 35.6 Å². The Balaban J connectivity index is 1.57. The van der Waals surface area contributed by atoms with Crippen LogP contribution in [0.2, 0.25) is 0 Å². The van der Waals surface area contributed by atoms with E-state index in [0.717, 1.165) is 28.0 Å². The lowest BCUT2D eigenvalue weighted by molar-refractivity contribution is -0.120. The quantitative estimate of drug-likeness (QED) is 0.173. The van der Waals surface area contributed by atoms with E-state index in [0.29, 0.717) is 59.1 Å². The number of aromatic amines is 1. The molecule has 0 saturated carbocycles. The van der Waals surface area contributed by atoms with E-state index in [2.05, 4.69) is 25.9 Å². The first-order chi connectivity index (χ1) is 22.2. The number of hydrogen-bond acceptors (Lipinski definition) is 9. The third-order valence-corrected chi connectivity index (χ3v) is 8.68. The monoisotopic (exact) mass is 645 g/mol. The summed E-state index contributed by atoms with van der Waals surface area (Å²) in [6, 6.07) is 11.3. The Morgan fingerprint density at radius 3 is 2.54 bits per heavy atom. The lowest BCUT2D eigenvalue weighted by atomic mass is 9.95. The lowest BCUT2D eigenvalue weighted by Crippen LogP contribution is -2.36. The zero-order valence-corrected chi connectivity index (χ0v) is 27.6. The summed E-state index contributed by atoms with van der Waals surface area (Å²) < 4.78 is 17.2. The van der Waals surface area contributed by atoms with Gasteiger partial charge in [0.05, 0.1) is 44.1 Å². The van der Waals surface area contributed by atoms with E-state index in [1.807, 2.05) is 37.4 Å². The molecule has 0 radical (unpaired) electrons. The maximum Gasteiger partial charge on any atom is 0.246 e. The van der Waals surface area contributed by atoms with Gasteiger partial charge in [0.25, 0.3) is 0 Å². The fourth-order valence-corrected chi connectivity index (χ4v) is 6.43. The fraction of sp³-hybridized carbons (Fsp3) is 0.353. The van der Waals surface area contributed by atoms with Crippen LogP contribution in [-0.2, 0) is 16.0 Å². The molecule has 1 aromatic heterocycles. The first kappa shape index (κ1) is 32.7. The molecular weight excluding hydrogens is 606 g/mol. The average molecular weight is 646 g/mol. The van der Waals surface area contributed by atoms with Gasteiger partial charge in [-0.15, -0.1) is 0 Å². The van der Waals surface area contributed by atoms with Crippen molar-refractivity contribution in [3.63, 3.8) is 0 Å². The summed E-state index contributed by atoms with van der Waals surface area (Å²) in [5.74, 6) is 2.43. The molecule has 1 heterocycles. The highest BCUT2D eigenvalue weighted by atomic mass is 32.2. The second-order valence-electron chi connectivity index (χ2n) is 11.1. The number of methoxy groups -OCH3 is 3. The molecule has 1 aliphatic carbocycles. The second-order valence-corrected chi connectivity index (χ2v) is 12.1. The van der Waals surface area contributed by atoms with Gasteiger partial charge in [0, 0.05) is 18.2 Å². The van der Waals surface area contributed by atoms with Gasteiger partial charge in [0.1, 0.15) is 11.9 Å². The molecule has 2 atom stereocenters. The Hall–Kier alpha value is -4.71. The second kappa shape index (κ2) is 14.2. The third kappa shape index (κ3) is 6.76. The molecule has 4 aromatic rings. The first-order valence-corrected chi connectivity index (χ1v) is 16.4. The number of ether oxygens (including phenoxy) is 3. The number of thioether (sulfide) groups is 1. The van der Waals surface area contributed by atoms with Crippen LogP contribution in [0.5, 0.6) is 17.2 Å². The van der Waals surface area contributed by atoms with Crippen LogP contribution in [0.15, 0.2) is 47.3 Å². The van der Waals surface area contributed by atoms with E-state index in [1.165, 1.54) is 6.92 Å². The minimum atomic E-state index is -0.695. The minimum Gasteiger partial charge on any atom is -0.493 e. The molecule has 0 saturated heterocycles. The summed E-state index contributed by atoms with van der Waals surface area (Å²) in [6.45, 7) is 3.33. The number of H-pyrrole nitrogens is 1. The molecule has 3 aromatic carbocycles. The van der Waals surface area contributed by atoms with Gasteiger partial charge < -0.3 is 35.1 Å². The van der Waals surface area contributed by atoms with Gasteiger partial charge in [-0.1, -0.05) is 6.07 Å². The van der Waals surface area contributed by atoms with Crippen molar-refractivity contribution in [3.8, 4) is 28.4 Å². The minimum absolute atomic E-state index is 0.210. The molecule has 11 nitrogen and oxygen atoms in total. The van der Waals surface area contributed by atoms with Crippen molar-refractivity contribution < 1.29 is 23.8 Å². The summed E-state index contributed by atoms with van der Waals surface area (Å²) >= 11 is 1.61. The Morgan fingerprint density at radius 2 is 1.85 bits per heavy atom. The number of nitrogens with zero attached hydrogens (tertiary/aromatic N) is 1. The number of carbonyl (C=O) groups is 2. The van der Waals surface area contributed by atoms with Gasteiger partial charge in [-0.3, -0.25) is 14.4 Å². The van der Waals surface area contributed by atoms with Crippen molar-refractivity contribution >= 4 is 46.0 Å². The van der Waals surface area contributed by atoms with Crippen LogP contribution in [0.1, 0.15) is 42.8 Å². The average Bonchev–Trinajstić information content (AvgIpc) is 3.25. The van der Waals surface area contributed by atoms with Crippen LogP contribution in [0.3, 0.4) is 0 Å². The number of amides is 2. The maximum atomic E-state index is 13.9. The van der Waals surface area contributed by atoms with Crippen LogP contribution in [-0.4, -0.2) is 61.2 Å². The van der Waals surface area contributed by atoms with Crippen molar-refractivity contribution in [2.75, 3.05) is 44.0 Å². The van der Waals surface area contributed by atoms with Crippen molar-refractivity contribution in [2.24, 2.45) is 0 Å². The van der Waals surface area contributed by atoms with Crippen molar-refractivity contribution in [3.05, 3.63) is 69.6 Å². The topological polar surface area (TPSA) is 144 Å². The highest BCUT2D eigenvalue weighted by Crippen LogP contribution is 2.50. The highest BCUT2D eigenvalue weighted by molar-refractivity contribution is 7.98. The van der Waals surface area contributed by atoms with Crippen LogP contribution in [0, 0.1) is 6.92 Å². The van der Waals surface area contributed by atoms with E-state index in [9.17, 15) is 14.4 Å². The number of carbonyl (C=O) groups excluding carboxylic acids is 2. The van der Waals surface area contributed by atoms with Crippen molar-refractivity contribution in [1.82, 2.24) is 15.3 Å². The molecule has 46 heavy (non-hydrogen) atoms. The zero-order valence-electron chi connectivity index (χ0n) is 26.8. The number of hydrogen-bond donors (Lipinski definition) is 4. The standard InChI is InChI=1S/C34H39N5O6S/c1-18-35-25-11-8-21(16-28(25)36-18)38-34(42)27(13-14-46-6)39-26-12-9-22-23(17-29(26)41)24(37-19(2)40)10-7-20-15-30(43-3)32(44-4)33(45-5)31(20)22/h8-9,11-12,15-17,24,27H,7,10,13-14H2,1-6H3,(H,35,36)(H,37,40)(H,38,42)(H,39,41)/t24-,27+/m0/s1. The molecule has 0 unspecified atom stereocenters. The van der Waals surface area contributed by atoms with Crippen LogP contribution in [0.4, 0.5) is 11.4 Å². The summed E-state index contributed by atoms with van der Waals surface area (Å²) in [6.07, 6.45) is 3.59. The molecule has 5 rings (SSSR count). The summed E-state index contributed by atoms with van der Waals surface area (Å²) in [5.41, 5.74) is 5.24. The third-order valence-electron chi connectivity index (χ3n) is 8.04. The van der Waals surface area contributed by atoms with E-state index >= 15 is 0 Å². The summed E-state index contributed by atoms with van der Waals surface area (Å²) in [4.78, 5) is 47.4. The molecule has 242 valence electrons. The van der Waals surface area contributed by atoms with Crippen LogP contribution in [0.25, 0.3) is 22.2 Å². The number of nitrogens with one attached hydrogen (secondary N) is 4. The largest absolute Gasteiger partial charge is 0.493 e. The number of fused-ring (bicyclic) bond motifs is 4. The molecule has 4 N–H and O–H groups in total. The molecule has 1 aliphatic rings. The number of rotatable bonds is 11. The van der Waals surface area contributed by atoms with E-state index < -0.39 is 12.1 Å². The summed E-state index contributed by atoms with van der Waals surface area (Å²) in [5, 5.41) is 9.24. The van der Waals surface area contributed by atoms with Gasteiger partial charge in [0.15, 0.2) is 11.5 Å². The van der Waals surface area contributed by atoms with Crippen molar-refractivity contribution in [2.45, 2.75) is 45.2 Å². The van der Waals surface area contributed by atoms with Gasteiger partial charge in [-0.2, -0.15) is 11.8 Å². The number of anilines is 2. The van der Waals surface area contributed by atoms with E-state index in [1.54, 1.807) is 51.3 Å². The van der Waals surface area contributed by atoms with Gasteiger partial charge in [-0.05, 0) is 91.3 Å². The smallest absolute Gasteiger partial charge is 0.246 e. The fourth-order valence-electron chi connectivity index (χ4n) is 5.96.